The van der Waals surface area contributed by atoms with E-state index in [9.17, 15) is 13.5 Å². The number of phenolic OH excluding ortho intramolecular Hbond substituents is 1. The van der Waals surface area contributed by atoms with Gasteiger partial charge in [-0.3, -0.25) is 0 Å². The van der Waals surface area contributed by atoms with Gasteiger partial charge in [-0.1, -0.05) is 51.4 Å². The van der Waals surface area contributed by atoms with E-state index in [2.05, 4.69) is 0 Å². The Balaban J connectivity index is 1.62. The van der Waals surface area contributed by atoms with E-state index in [1.807, 2.05) is 0 Å². The van der Waals surface area contributed by atoms with Crippen LogP contribution in [-0.2, 0) is 9.84 Å². The third kappa shape index (κ3) is 8.36. The van der Waals surface area contributed by atoms with Gasteiger partial charge in [0.25, 0.3) is 0 Å². The highest BCUT2D eigenvalue weighted by Crippen LogP contribution is 2.24. The Morgan fingerprint density at radius 2 is 1.10 bits per heavy atom. The zero-order valence-corrected chi connectivity index (χ0v) is 18.6. The zero-order chi connectivity index (χ0) is 21.7. The second-order valence-corrected chi connectivity index (χ2v) is 9.59. The number of hydrogen-bond donors (Lipinski definition) is 2. The van der Waals surface area contributed by atoms with Gasteiger partial charge in [-0.25, -0.2) is 8.42 Å². The van der Waals surface area contributed by atoms with Crippen molar-refractivity contribution in [1.82, 2.24) is 0 Å². The molecule has 0 aliphatic carbocycles. The van der Waals surface area contributed by atoms with Crippen molar-refractivity contribution < 1.29 is 18.3 Å². The minimum atomic E-state index is -3.59. The molecular weight excluding hydrogens is 398 g/mol. The Kier molecular flexibility index (Phi) is 10.7. The van der Waals surface area contributed by atoms with Gasteiger partial charge in [-0.05, 0) is 67.9 Å². The Labute approximate surface area is 181 Å². The number of aromatic hydroxyl groups is 1. The smallest absolute Gasteiger partial charge is 0.206 e. The number of nitrogens with two attached hydrogens (primary N) is 1. The standard InChI is InChI=1S/C24H35NO4S/c25-19-9-7-5-3-1-2-4-6-8-10-20-29-22-13-17-24(18-14-22)30(27,28)23-15-11-21(26)12-16-23/h11-18,26H,1-10,19-20,25H2. The molecule has 0 aliphatic rings. The summed E-state index contributed by atoms with van der Waals surface area (Å²) in [6, 6.07) is 12.0. The van der Waals surface area contributed by atoms with Crippen LogP contribution >= 0.6 is 0 Å². The molecule has 0 bridgehead atoms. The lowest BCUT2D eigenvalue weighted by Gasteiger charge is -2.08. The van der Waals surface area contributed by atoms with Crippen molar-refractivity contribution in [2.24, 2.45) is 5.73 Å². The van der Waals surface area contributed by atoms with E-state index in [0.29, 0.717) is 12.4 Å². The molecule has 0 amide bonds. The van der Waals surface area contributed by atoms with Gasteiger partial charge in [-0.15, -0.1) is 0 Å². The Hall–Kier alpha value is -2.05. The van der Waals surface area contributed by atoms with Crippen molar-refractivity contribution in [1.29, 1.82) is 0 Å². The van der Waals surface area contributed by atoms with Gasteiger partial charge in [0.15, 0.2) is 0 Å². The molecule has 0 atom stereocenters. The fourth-order valence-electron chi connectivity index (χ4n) is 3.33. The second kappa shape index (κ2) is 13.3. The normalized spacial score (nSPS) is 11.5. The molecule has 2 aromatic carbocycles. The molecule has 0 unspecified atom stereocenters. The summed E-state index contributed by atoms with van der Waals surface area (Å²) in [6.07, 6.45) is 12.3. The molecule has 0 saturated heterocycles. The number of phenols is 1. The van der Waals surface area contributed by atoms with Gasteiger partial charge >= 0.3 is 0 Å². The lowest BCUT2D eigenvalue weighted by molar-refractivity contribution is 0.304. The monoisotopic (exact) mass is 433 g/mol. The molecule has 2 rings (SSSR count). The third-order valence-electron chi connectivity index (χ3n) is 5.15. The first-order valence-electron chi connectivity index (χ1n) is 11.0. The maximum absolute atomic E-state index is 12.6. The lowest BCUT2D eigenvalue weighted by Crippen LogP contribution is -2.02. The molecule has 6 heteroatoms. The van der Waals surface area contributed by atoms with Crippen LogP contribution in [0.15, 0.2) is 58.3 Å². The molecular formula is C24H35NO4S. The highest BCUT2D eigenvalue weighted by molar-refractivity contribution is 7.91. The number of unbranched alkanes of at least 4 members (excludes halogenated alkanes) is 9. The Morgan fingerprint density at radius 1 is 0.667 bits per heavy atom. The second-order valence-electron chi connectivity index (χ2n) is 7.64. The number of hydrogen-bond acceptors (Lipinski definition) is 5. The Bertz CT molecular complexity index is 817. The van der Waals surface area contributed by atoms with Crippen molar-refractivity contribution in [3.8, 4) is 11.5 Å². The maximum Gasteiger partial charge on any atom is 0.206 e. The summed E-state index contributed by atoms with van der Waals surface area (Å²) < 4.78 is 30.9. The van der Waals surface area contributed by atoms with Crippen LogP contribution in [-0.4, -0.2) is 26.7 Å². The van der Waals surface area contributed by atoms with E-state index in [1.54, 1.807) is 24.3 Å². The van der Waals surface area contributed by atoms with Crippen LogP contribution in [0.25, 0.3) is 0 Å². The molecule has 166 valence electrons. The topological polar surface area (TPSA) is 89.6 Å². The van der Waals surface area contributed by atoms with Gasteiger partial charge in [0.2, 0.25) is 9.84 Å². The van der Waals surface area contributed by atoms with E-state index in [-0.39, 0.29) is 15.5 Å². The molecule has 0 spiro atoms. The molecule has 0 saturated carbocycles. The first kappa shape index (κ1) is 24.2. The van der Waals surface area contributed by atoms with Crippen LogP contribution in [0.4, 0.5) is 0 Å². The largest absolute Gasteiger partial charge is 0.508 e. The van der Waals surface area contributed by atoms with E-state index in [4.69, 9.17) is 10.5 Å². The third-order valence-corrected chi connectivity index (χ3v) is 6.93. The van der Waals surface area contributed by atoms with Crippen molar-refractivity contribution in [2.45, 2.75) is 74.0 Å². The van der Waals surface area contributed by atoms with Gasteiger partial charge in [0.1, 0.15) is 11.5 Å². The molecule has 0 aliphatic heterocycles. The minimum absolute atomic E-state index is 0.0380. The molecule has 2 aromatic rings. The van der Waals surface area contributed by atoms with Crippen LogP contribution in [0.3, 0.4) is 0 Å². The van der Waals surface area contributed by atoms with Gasteiger partial charge in [0, 0.05) is 0 Å². The molecule has 0 aromatic heterocycles. The summed E-state index contributed by atoms with van der Waals surface area (Å²) in [5.41, 5.74) is 5.49. The van der Waals surface area contributed by atoms with Crippen LogP contribution < -0.4 is 10.5 Å². The predicted molar refractivity (Wildman–Crippen MR) is 121 cm³/mol. The van der Waals surface area contributed by atoms with Gasteiger partial charge < -0.3 is 15.6 Å². The summed E-state index contributed by atoms with van der Waals surface area (Å²) in [6.45, 7) is 1.45. The average molecular weight is 434 g/mol. The van der Waals surface area contributed by atoms with Crippen molar-refractivity contribution >= 4 is 9.84 Å². The summed E-state index contributed by atoms with van der Waals surface area (Å²) >= 11 is 0. The summed E-state index contributed by atoms with van der Waals surface area (Å²) in [5.74, 6) is 0.716. The van der Waals surface area contributed by atoms with Gasteiger partial charge in [0.05, 0.1) is 16.4 Å². The summed E-state index contributed by atoms with van der Waals surface area (Å²) in [5, 5.41) is 9.33. The Morgan fingerprint density at radius 3 is 1.60 bits per heavy atom. The van der Waals surface area contributed by atoms with Crippen LogP contribution in [0.5, 0.6) is 11.5 Å². The minimum Gasteiger partial charge on any atom is -0.508 e. The molecule has 0 fully saturated rings. The molecule has 0 heterocycles. The van der Waals surface area contributed by atoms with Crippen molar-refractivity contribution in [2.75, 3.05) is 13.2 Å². The van der Waals surface area contributed by atoms with Crippen molar-refractivity contribution in [3.05, 3.63) is 48.5 Å². The number of benzene rings is 2. The van der Waals surface area contributed by atoms with E-state index in [1.165, 1.54) is 69.2 Å². The highest BCUT2D eigenvalue weighted by Gasteiger charge is 2.17. The van der Waals surface area contributed by atoms with Crippen LogP contribution in [0.2, 0.25) is 0 Å². The zero-order valence-electron chi connectivity index (χ0n) is 17.8. The van der Waals surface area contributed by atoms with E-state index < -0.39 is 9.84 Å². The quantitative estimate of drug-likeness (QED) is 0.364. The van der Waals surface area contributed by atoms with Crippen molar-refractivity contribution in [3.63, 3.8) is 0 Å². The van der Waals surface area contributed by atoms with Gasteiger partial charge in [-0.2, -0.15) is 0 Å². The predicted octanol–water partition coefficient (Wildman–Crippen LogP) is 5.46. The maximum atomic E-state index is 12.6. The first-order valence-corrected chi connectivity index (χ1v) is 12.5. The number of rotatable bonds is 15. The average Bonchev–Trinajstić information content (AvgIpc) is 2.75. The molecule has 5 nitrogen and oxygen atoms in total. The fraction of sp³-hybridized carbons (Fsp3) is 0.500. The van der Waals surface area contributed by atoms with E-state index in [0.717, 1.165) is 25.8 Å². The molecule has 30 heavy (non-hydrogen) atoms. The van der Waals surface area contributed by atoms with Crippen LogP contribution in [0.1, 0.15) is 64.2 Å². The number of ether oxygens (including phenoxy) is 1. The summed E-state index contributed by atoms with van der Waals surface area (Å²) in [4.78, 5) is 0.369. The SMILES string of the molecule is NCCCCCCCCCCCCOc1ccc(S(=O)(=O)c2ccc(O)cc2)cc1. The fourth-order valence-corrected chi connectivity index (χ4v) is 4.59. The summed E-state index contributed by atoms with van der Waals surface area (Å²) in [7, 11) is -3.59. The number of sulfone groups is 1. The van der Waals surface area contributed by atoms with Crippen LogP contribution in [0, 0.1) is 0 Å². The molecule has 0 radical (unpaired) electrons. The lowest BCUT2D eigenvalue weighted by atomic mass is 10.1. The molecule has 3 N–H and O–H groups in total. The first-order chi connectivity index (χ1) is 14.5. The highest BCUT2D eigenvalue weighted by atomic mass is 32.2. The van der Waals surface area contributed by atoms with E-state index >= 15 is 0 Å².